The lowest BCUT2D eigenvalue weighted by Gasteiger charge is -2.25. The molecule has 1 saturated heterocycles. The van der Waals surface area contributed by atoms with Gasteiger partial charge in [0.1, 0.15) is 17.3 Å². The fourth-order valence-electron chi connectivity index (χ4n) is 4.13. The molecule has 3 aromatic carbocycles. The molecule has 33 heavy (non-hydrogen) atoms. The highest BCUT2D eigenvalue weighted by Crippen LogP contribution is 2.42. The van der Waals surface area contributed by atoms with E-state index >= 15 is 0 Å². The van der Waals surface area contributed by atoms with E-state index in [-0.39, 0.29) is 11.3 Å². The number of nitrogens with zero attached hydrogens (tertiary/aromatic N) is 1. The average molecular weight is 445 g/mol. The van der Waals surface area contributed by atoms with Crippen molar-refractivity contribution in [1.29, 1.82) is 0 Å². The summed E-state index contributed by atoms with van der Waals surface area (Å²) in [5.74, 6) is -1.62. The van der Waals surface area contributed by atoms with Crippen LogP contribution in [0.5, 0.6) is 5.75 Å². The molecule has 0 aliphatic carbocycles. The van der Waals surface area contributed by atoms with Gasteiger partial charge in [-0.25, -0.2) is 4.39 Å². The van der Waals surface area contributed by atoms with Crippen molar-refractivity contribution >= 4 is 23.1 Å². The molecule has 1 aliphatic heterocycles. The Bertz CT molecular complexity index is 1260. The third kappa shape index (κ3) is 4.12. The fourth-order valence-corrected chi connectivity index (χ4v) is 4.13. The van der Waals surface area contributed by atoms with Crippen LogP contribution < -0.4 is 9.64 Å². The number of hydrogen-bond acceptors (Lipinski definition) is 4. The number of ether oxygens (including phenoxy) is 1. The first kappa shape index (κ1) is 22.3. The van der Waals surface area contributed by atoms with Gasteiger partial charge in [-0.05, 0) is 74.4 Å². The number of halogens is 1. The largest absolute Gasteiger partial charge is 0.507 e. The molecule has 1 heterocycles. The molecule has 4 rings (SSSR count). The second-order valence-electron chi connectivity index (χ2n) is 7.97. The smallest absolute Gasteiger partial charge is 0.300 e. The zero-order chi connectivity index (χ0) is 23.7. The van der Waals surface area contributed by atoms with Gasteiger partial charge in [0.25, 0.3) is 11.7 Å². The van der Waals surface area contributed by atoms with E-state index in [1.807, 2.05) is 39.0 Å². The molecule has 1 N–H and O–H groups in total. The molecule has 0 spiro atoms. The first-order valence-electron chi connectivity index (χ1n) is 10.7. The summed E-state index contributed by atoms with van der Waals surface area (Å²) in [5, 5.41) is 11.2. The first-order valence-corrected chi connectivity index (χ1v) is 10.7. The minimum absolute atomic E-state index is 0.0153. The number of Topliss-reactive ketones (excluding diaryl/α,β-unsaturated/α-hetero) is 1. The number of anilines is 1. The van der Waals surface area contributed by atoms with Crippen molar-refractivity contribution in [2.75, 3.05) is 11.5 Å². The lowest BCUT2D eigenvalue weighted by molar-refractivity contribution is -0.132. The Morgan fingerprint density at radius 3 is 2.39 bits per heavy atom. The van der Waals surface area contributed by atoms with E-state index in [9.17, 15) is 19.1 Å². The summed E-state index contributed by atoms with van der Waals surface area (Å²) < 4.78 is 19.1. The Morgan fingerprint density at radius 1 is 1.03 bits per heavy atom. The zero-order valence-electron chi connectivity index (χ0n) is 18.6. The Labute approximate surface area is 191 Å². The fraction of sp³-hybridized carbons (Fsp3) is 0.185. The molecule has 5 nitrogen and oxygen atoms in total. The summed E-state index contributed by atoms with van der Waals surface area (Å²) in [6.45, 7) is 6.13. The highest BCUT2D eigenvalue weighted by Gasteiger charge is 2.47. The number of hydrogen-bond donors (Lipinski definition) is 1. The van der Waals surface area contributed by atoms with Gasteiger partial charge in [-0.15, -0.1) is 0 Å². The summed E-state index contributed by atoms with van der Waals surface area (Å²) in [7, 11) is 0. The van der Waals surface area contributed by atoms with Gasteiger partial charge in [-0.3, -0.25) is 14.5 Å². The first-order chi connectivity index (χ1) is 15.8. The molecule has 1 fully saturated rings. The van der Waals surface area contributed by atoms with Crippen LogP contribution in [0.25, 0.3) is 5.76 Å². The Balaban J connectivity index is 1.91. The molecular weight excluding hydrogens is 421 g/mol. The summed E-state index contributed by atoms with van der Waals surface area (Å²) in [6.07, 6.45) is 0. The predicted molar refractivity (Wildman–Crippen MR) is 125 cm³/mol. The second kappa shape index (κ2) is 8.90. The maximum absolute atomic E-state index is 13.5. The number of aliphatic hydroxyl groups is 1. The van der Waals surface area contributed by atoms with Gasteiger partial charge in [0.2, 0.25) is 0 Å². The molecule has 0 aromatic heterocycles. The molecule has 6 heteroatoms. The molecule has 168 valence electrons. The van der Waals surface area contributed by atoms with Crippen molar-refractivity contribution in [2.45, 2.75) is 26.8 Å². The van der Waals surface area contributed by atoms with Gasteiger partial charge in [0.05, 0.1) is 18.2 Å². The second-order valence-corrected chi connectivity index (χ2v) is 7.97. The summed E-state index contributed by atoms with van der Waals surface area (Å²) in [6, 6.07) is 17.0. The molecule has 1 aliphatic rings. The van der Waals surface area contributed by atoms with Gasteiger partial charge in [0.15, 0.2) is 0 Å². The van der Waals surface area contributed by atoms with Gasteiger partial charge < -0.3 is 9.84 Å². The van der Waals surface area contributed by atoms with Gasteiger partial charge >= 0.3 is 0 Å². The van der Waals surface area contributed by atoms with Gasteiger partial charge in [-0.1, -0.05) is 29.8 Å². The van der Waals surface area contributed by atoms with Crippen LogP contribution >= 0.6 is 0 Å². The van der Waals surface area contributed by atoms with Crippen molar-refractivity contribution < 1.29 is 23.8 Å². The van der Waals surface area contributed by atoms with Crippen LogP contribution in [0.15, 0.2) is 72.3 Å². The topological polar surface area (TPSA) is 66.8 Å². The number of amides is 1. The van der Waals surface area contributed by atoms with E-state index in [2.05, 4.69) is 0 Å². The normalized spacial score (nSPS) is 17.5. The van der Waals surface area contributed by atoms with E-state index in [4.69, 9.17) is 4.74 Å². The van der Waals surface area contributed by atoms with Crippen LogP contribution in [-0.4, -0.2) is 23.4 Å². The summed E-state index contributed by atoms with van der Waals surface area (Å²) in [4.78, 5) is 27.6. The molecule has 0 bridgehead atoms. The van der Waals surface area contributed by atoms with Crippen molar-refractivity contribution in [2.24, 2.45) is 0 Å². The number of benzene rings is 3. The molecule has 0 saturated carbocycles. The van der Waals surface area contributed by atoms with E-state index in [1.54, 1.807) is 24.3 Å². The quantitative estimate of drug-likeness (QED) is 0.321. The van der Waals surface area contributed by atoms with Crippen LogP contribution in [0.1, 0.15) is 35.2 Å². The van der Waals surface area contributed by atoms with Crippen molar-refractivity contribution in [3.8, 4) is 5.75 Å². The van der Waals surface area contributed by atoms with Crippen molar-refractivity contribution in [3.05, 3.63) is 100 Å². The van der Waals surface area contributed by atoms with E-state index < -0.39 is 23.5 Å². The Morgan fingerprint density at radius 2 is 1.76 bits per heavy atom. The average Bonchev–Trinajstić information content (AvgIpc) is 3.06. The number of ketones is 1. The third-order valence-corrected chi connectivity index (χ3v) is 5.66. The number of rotatable bonds is 5. The number of carbonyl (C=O) groups excluding carboxylic acids is 2. The SMILES string of the molecule is CCOc1ccc(/C(O)=C2/C(=O)C(=O)N(c3ccc(F)cc3)C2c2cccc(C)c2)cc1C. The van der Waals surface area contributed by atoms with Crippen LogP contribution in [0, 0.1) is 19.7 Å². The van der Waals surface area contributed by atoms with Crippen LogP contribution in [-0.2, 0) is 9.59 Å². The summed E-state index contributed by atoms with van der Waals surface area (Å²) in [5.41, 5.74) is 3.16. The maximum atomic E-state index is 13.5. The van der Waals surface area contributed by atoms with E-state index in [0.717, 1.165) is 11.1 Å². The van der Waals surface area contributed by atoms with Gasteiger partial charge in [-0.2, -0.15) is 0 Å². The predicted octanol–water partition coefficient (Wildman–Crippen LogP) is 5.47. The maximum Gasteiger partial charge on any atom is 0.300 e. The van der Waals surface area contributed by atoms with Crippen LogP contribution in [0.3, 0.4) is 0 Å². The standard InChI is InChI=1S/C27H24FNO4/c1-4-33-22-13-8-19(15-17(22)3)25(30)23-24(18-7-5-6-16(2)14-18)29(27(32)26(23)31)21-11-9-20(28)10-12-21/h5-15,24,30H,4H2,1-3H3/b25-23-. The van der Waals surface area contributed by atoms with Gasteiger partial charge in [0, 0.05) is 11.3 Å². The number of carbonyl (C=O) groups is 2. The third-order valence-electron chi connectivity index (χ3n) is 5.66. The molecule has 1 unspecified atom stereocenters. The minimum atomic E-state index is -0.859. The lowest BCUT2D eigenvalue weighted by atomic mass is 9.94. The van der Waals surface area contributed by atoms with E-state index in [1.165, 1.54) is 29.2 Å². The highest BCUT2D eigenvalue weighted by atomic mass is 19.1. The van der Waals surface area contributed by atoms with E-state index in [0.29, 0.717) is 29.2 Å². The van der Waals surface area contributed by atoms with Crippen molar-refractivity contribution in [1.82, 2.24) is 0 Å². The van der Waals surface area contributed by atoms with Crippen LogP contribution in [0.4, 0.5) is 10.1 Å². The Kier molecular flexibility index (Phi) is 6.01. The molecular formula is C27H24FNO4. The number of aryl methyl sites for hydroxylation is 2. The molecule has 1 amide bonds. The highest BCUT2D eigenvalue weighted by molar-refractivity contribution is 6.51. The monoisotopic (exact) mass is 445 g/mol. The molecule has 1 atom stereocenters. The van der Waals surface area contributed by atoms with Crippen molar-refractivity contribution in [3.63, 3.8) is 0 Å². The van der Waals surface area contributed by atoms with Crippen LogP contribution in [0.2, 0.25) is 0 Å². The minimum Gasteiger partial charge on any atom is -0.507 e. The summed E-state index contributed by atoms with van der Waals surface area (Å²) >= 11 is 0. The number of aliphatic hydroxyl groups excluding tert-OH is 1. The zero-order valence-corrected chi connectivity index (χ0v) is 18.6. The molecule has 3 aromatic rings. The lowest BCUT2D eigenvalue weighted by Crippen LogP contribution is -2.29. The Hall–Kier alpha value is -3.93. The molecule has 0 radical (unpaired) electrons.